The maximum absolute atomic E-state index is 4.74. The Kier molecular flexibility index (Phi) is 3.10. The molecule has 1 aliphatic rings. The van der Waals surface area contributed by atoms with Crippen LogP contribution in [-0.4, -0.2) is 23.1 Å². The lowest BCUT2D eigenvalue weighted by Gasteiger charge is -2.23. The van der Waals surface area contributed by atoms with Crippen LogP contribution in [0.25, 0.3) is 0 Å². The molecule has 0 radical (unpaired) electrons. The zero-order valence-corrected chi connectivity index (χ0v) is 10.0. The van der Waals surface area contributed by atoms with Crippen LogP contribution in [0, 0.1) is 12.8 Å². The van der Waals surface area contributed by atoms with Gasteiger partial charge in [0.15, 0.2) is 0 Å². The lowest BCUT2D eigenvalue weighted by molar-refractivity contribution is 0.369. The summed E-state index contributed by atoms with van der Waals surface area (Å²) in [6.07, 6.45) is 3.48. The molecule has 0 aromatic carbocycles. The fraction of sp³-hybridized carbons (Fsp3) is 0.750. The smallest absolute Gasteiger partial charge is 0.109 e. The second-order valence-corrected chi connectivity index (χ2v) is 4.48. The van der Waals surface area contributed by atoms with Crippen molar-refractivity contribution in [2.75, 3.05) is 13.6 Å². The van der Waals surface area contributed by atoms with Crippen molar-refractivity contribution in [3.05, 3.63) is 17.2 Å². The lowest BCUT2D eigenvalue weighted by Crippen LogP contribution is -2.27. The number of fused-ring (bicyclic) bond motifs is 1. The van der Waals surface area contributed by atoms with Gasteiger partial charge in [0.1, 0.15) is 5.82 Å². The van der Waals surface area contributed by atoms with Crippen LogP contribution in [0.3, 0.4) is 0 Å². The van der Waals surface area contributed by atoms with E-state index in [4.69, 9.17) is 4.98 Å². The highest BCUT2D eigenvalue weighted by molar-refractivity contribution is 5.17. The van der Waals surface area contributed by atoms with Crippen molar-refractivity contribution in [3.8, 4) is 0 Å². The lowest BCUT2D eigenvalue weighted by atomic mass is 9.98. The van der Waals surface area contributed by atoms with Gasteiger partial charge in [0.25, 0.3) is 0 Å². The van der Waals surface area contributed by atoms with Gasteiger partial charge in [-0.15, -0.1) is 0 Å². The highest BCUT2D eigenvalue weighted by Crippen LogP contribution is 2.23. The van der Waals surface area contributed by atoms with Gasteiger partial charge in [-0.1, -0.05) is 6.92 Å². The summed E-state index contributed by atoms with van der Waals surface area (Å²) >= 11 is 0. The third-order valence-electron chi connectivity index (χ3n) is 3.46. The van der Waals surface area contributed by atoms with E-state index in [1.165, 1.54) is 23.6 Å². The predicted octanol–water partition coefficient (Wildman–Crippen LogP) is 1.54. The normalized spacial score (nSPS) is 20.3. The van der Waals surface area contributed by atoms with Crippen molar-refractivity contribution >= 4 is 0 Å². The summed E-state index contributed by atoms with van der Waals surface area (Å²) < 4.78 is 2.41. The molecule has 1 aliphatic heterocycles. The van der Waals surface area contributed by atoms with Gasteiger partial charge in [0, 0.05) is 18.7 Å². The molecule has 0 fully saturated rings. The molecule has 1 aromatic heterocycles. The fourth-order valence-corrected chi connectivity index (χ4v) is 2.57. The van der Waals surface area contributed by atoms with Crippen molar-refractivity contribution in [1.29, 1.82) is 0 Å². The van der Waals surface area contributed by atoms with Gasteiger partial charge in [0.05, 0.1) is 5.69 Å². The molecule has 2 heterocycles. The topological polar surface area (TPSA) is 29.9 Å². The van der Waals surface area contributed by atoms with Crippen molar-refractivity contribution in [3.63, 3.8) is 0 Å². The Balaban J connectivity index is 2.19. The van der Waals surface area contributed by atoms with E-state index in [9.17, 15) is 0 Å². The minimum absolute atomic E-state index is 0.772. The van der Waals surface area contributed by atoms with Gasteiger partial charge in [0.2, 0.25) is 0 Å². The van der Waals surface area contributed by atoms with E-state index < -0.39 is 0 Å². The molecule has 1 aromatic rings. The average Bonchev–Trinajstić information content (AvgIpc) is 2.56. The third kappa shape index (κ3) is 1.93. The molecule has 1 unspecified atom stereocenters. The first-order valence-electron chi connectivity index (χ1n) is 5.95. The van der Waals surface area contributed by atoms with Crippen LogP contribution < -0.4 is 5.32 Å². The summed E-state index contributed by atoms with van der Waals surface area (Å²) in [5, 5.41) is 3.27. The minimum atomic E-state index is 0.772. The van der Waals surface area contributed by atoms with Gasteiger partial charge in [-0.05, 0) is 39.3 Å². The summed E-state index contributed by atoms with van der Waals surface area (Å²) in [5.74, 6) is 2.07. The maximum atomic E-state index is 4.74. The van der Waals surface area contributed by atoms with E-state index in [0.29, 0.717) is 0 Å². The Morgan fingerprint density at radius 3 is 3.00 bits per heavy atom. The van der Waals surface area contributed by atoms with E-state index in [1.807, 2.05) is 7.05 Å². The standard InChI is InChI=1S/C12H21N3/c1-4-11-9(2)15-6-5-10(8-13-3)7-12(15)14-11/h10,13H,4-8H2,1-3H3. The second-order valence-electron chi connectivity index (χ2n) is 4.48. The molecule has 1 N–H and O–H groups in total. The average molecular weight is 207 g/mol. The van der Waals surface area contributed by atoms with Crippen LogP contribution in [0.2, 0.25) is 0 Å². The Labute approximate surface area is 91.9 Å². The summed E-state index contributed by atoms with van der Waals surface area (Å²) in [6.45, 7) is 6.66. The molecule has 2 rings (SSSR count). The number of aromatic nitrogens is 2. The quantitative estimate of drug-likeness (QED) is 0.814. The molecule has 0 aliphatic carbocycles. The van der Waals surface area contributed by atoms with E-state index in [2.05, 4.69) is 23.7 Å². The zero-order valence-electron chi connectivity index (χ0n) is 10.0. The number of aryl methyl sites for hydroxylation is 1. The molecule has 3 nitrogen and oxygen atoms in total. The summed E-state index contributed by atoms with van der Waals surface area (Å²) in [6, 6.07) is 0. The summed E-state index contributed by atoms with van der Waals surface area (Å²) in [4.78, 5) is 4.74. The van der Waals surface area contributed by atoms with Crippen LogP contribution >= 0.6 is 0 Å². The van der Waals surface area contributed by atoms with Crippen molar-refractivity contribution in [2.24, 2.45) is 5.92 Å². The highest BCUT2D eigenvalue weighted by Gasteiger charge is 2.21. The number of nitrogens with zero attached hydrogens (tertiary/aromatic N) is 2. The van der Waals surface area contributed by atoms with Crippen LogP contribution in [0.15, 0.2) is 0 Å². The predicted molar refractivity (Wildman–Crippen MR) is 62.1 cm³/mol. The first kappa shape index (κ1) is 10.7. The Morgan fingerprint density at radius 1 is 1.53 bits per heavy atom. The van der Waals surface area contributed by atoms with Crippen LogP contribution in [0.4, 0.5) is 0 Å². The molecule has 1 atom stereocenters. The van der Waals surface area contributed by atoms with Crippen molar-refractivity contribution in [2.45, 2.75) is 39.7 Å². The number of rotatable bonds is 3. The van der Waals surface area contributed by atoms with E-state index in [1.54, 1.807) is 0 Å². The molecule has 84 valence electrons. The molecular weight excluding hydrogens is 186 g/mol. The minimum Gasteiger partial charge on any atom is -0.332 e. The SMILES string of the molecule is CCc1nc2n(c1C)CCC(CNC)C2. The Hall–Kier alpha value is -0.830. The van der Waals surface area contributed by atoms with Crippen LogP contribution in [-0.2, 0) is 19.4 Å². The van der Waals surface area contributed by atoms with E-state index in [0.717, 1.165) is 31.8 Å². The second kappa shape index (κ2) is 4.35. The van der Waals surface area contributed by atoms with Crippen LogP contribution in [0.5, 0.6) is 0 Å². The number of hydrogen-bond donors (Lipinski definition) is 1. The van der Waals surface area contributed by atoms with Crippen molar-refractivity contribution in [1.82, 2.24) is 14.9 Å². The van der Waals surface area contributed by atoms with Gasteiger partial charge >= 0.3 is 0 Å². The van der Waals surface area contributed by atoms with Gasteiger partial charge in [-0.2, -0.15) is 0 Å². The monoisotopic (exact) mass is 207 g/mol. The molecule has 15 heavy (non-hydrogen) atoms. The molecule has 0 amide bonds. The zero-order chi connectivity index (χ0) is 10.8. The highest BCUT2D eigenvalue weighted by atomic mass is 15.1. The number of imidazole rings is 1. The van der Waals surface area contributed by atoms with Gasteiger partial charge in [-0.25, -0.2) is 4.98 Å². The molecule has 0 spiro atoms. The largest absolute Gasteiger partial charge is 0.332 e. The first-order chi connectivity index (χ1) is 7.26. The van der Waals surface area contributed by atoms with Gasteiger partial charge < -0.3 is 9.88 Å². The Morgan fingerprint density at radius 2 is 2.33 bits per heavy atom. The van der Waals surface area contributed by atoms with Crippen LogP contribution in [0.1, 0.15) is 30.6 Å². The fourth-order valence-electron chi connectivity index (χ4n) is 2.57. The first-order valence-corrected chi connectivity index (χ1v) is 5.95. The van der Waals surface area contributed by atoms with Crippen molar-refractivity contribution < 1.29 is 0 Å². The number of nitrogens with one attached hydrogen (secondary N) is 1. The molecule has 0 saturated carbocycles. The molecule has 0 saturated heterocycles. The summed E-state index contributed by atoms with van der Waals surface area (Å²) in [5.41, 5.74) is 2.67. The third-order valence-corrected chi connectivity index (χ3v) is 3.46. The Bertz CT molecular complexity index is 341. The molecular formula is C12H21N3. The summed E-state index contributed by atoms with van der Waals surface area (Å²) in [7, 11) is 2.03. The van der Waals surface area contributed by atoms with E-state index >= 15 is 0 Å². The van der Waals surface area contributed by atoms with Gasteiger partial charge in [-0.3, -0.25) is 0 Å². The number of hydrogen-bond acceptors (Lipinski definition) is 2. The molecule has 0 bridgehead atoms. The molecule has 3 heteroatoms. The van der Waals surface area contributed by atoms with E-state index in [-0.39, 0.29) is 0 Å². The maximum Gasteiger partial charge on any atom is 0.109 e.